The van der Waals surface area contributed by atoms with Gasteiger partial charge < -0.3 is 28.4 Å². The summed E-state index contributed by atoms with van der Waals surface area (Å²) in [6, 6.07) is 9.34. The second-order valence-corrected chi connectivity index (χ2v) is 7.62. The van der Waals surface area contributed by atoms with Crippen molar-refractivity contribution < 1.29 is 38.0 Å². The molecule has 184 valence electrons. The van der Waals surface area contributed by atoms with Crippen LogP contribution < -0.4 is 18.9 Å². The van der Waals surface area contributed by atoms with Crippen molar-refractivity contribution >= 4 is 11.9 Å². The van der Waals surface area contributed by atoms with Crippen LogP contribution in [0.25, 0.3) is 0 Å². The van der Waals surface area contributed by atoms with Crippen molar-refractivity contribution in [3.8, 4) is 47.7 Å². The molecular weight excluding hydrogens is 452 g/mol. The number of carbonyl (C=O) groups is 2. The molecule has 8 nitrogen and oxygen atoms in total. The first-order chi connectivity index (χ1) is 16.8. The first-order valence-corrected chi connectivity index (χ1v) is 10.5. The number of benzene rings is 2. The molecule has 0 unspecified atom stereocenters. The number of esters is 2. The molecule has 8 heteroatoms. The molecule has 35 heavy (non-hydrogen) atoms. The number of terminal acetylenes is 2. The van der Waals surface area contributed by atoms with E-state index in [9.17, 15) is 9.59 Å². The highest BCUT2D eigenvalue weighted by Gasteiger charge is 2.33. The summed E-state index contributed by atoms with van der Waals surface area (Å²) in [5.74, 6) is 5.51. The van der Waals surface area contributed by atoms with Crippen LogP contribution in [0.1, 0.15) is 33.6 Å². The minimum absolute atomic E-state index is 0.112. The van der Waals surface area contributed by atoms with E-state index in [0.717, 1.165) is 0 Å². The fourth-order valence-electron chi connectivity index (χ4n) is 3.20. The number of rotatable bonds is 12. The average Bonchev–Trinajstić information content (AvgIpc) is 2.89. The van der Waals surface area contributed by atoms with Crippen LogP contribution in [-0.4, -0.2) is 53.6 Å². The molecule has 0 aromatic heterocycles. The Morgan fingerprint density at radius 2 is 0.971 bits per heavy atom. The Labute approximate surface area is 205 Å². The zero-order chi connectivity index (χ0) is 25.8. The third kappa shape index (κ3) is 7.35. The van der Waals surface area contributed by atoms with Gasteiger partial charge in [-0.1, -0.05) is 0 Å². The van der Waals surface area contributed by atoms with Crippen LogP contribution in [0.15, 0.2) is 36.4 Å². The first kappa shape index (κ1) is 26.9. The Morgan fingerprint density at radius 3 is 1.23 bits per heavy atom. The van der Waals surface area contributed by atoms with Gasteiger partial charge in [0, 0.05) is 25.0 Å². The predicted molar refractivity (Wildman–Crippen MR) is 129 cm³/mol. The lowest BCUT2D eigenvalue weighted by Gasteiger charge is -2.29. The summed E-state index contributed by atoms with van der Waals surface area (Å²) < 4.78 is 31.8. The molecule has 0 atom stereocenters. The number of carbonyl (C=O) groups excluding carboxylic acids is 2. The van der Waals surface area contributed by atoms with Gasteiger partial charge >= 0.3 is 11.9 Å². The SMILES string of the molecule is C#CCC(CC#C)(COC(=O)c1cc(OC)cc(OC)c1)COC(=O)c1cc(OC)cc(OC)c1. The van der Waals surface area contributed by atoms with Crippen LogP contribution in [0.3, 0.4) is 0 Å². The van der Waals surface area contributed by atoms with Crippen molar-refractivity contribution in [2.24, 2.45) is 5.41 Å². The Bertz CT molecular complexity index is 989. The number of methoxy groups -OCH3 is 4. The molecule has 0 bridgehead atoms. The molecule has 0 N–H and O–H groups in total. The molecule has 0 radical (unpaired) electrons. The molecule has 0 fully saturated rings. The van der Waals surface area contributed by atoms with Crippen LogP contribution in [0.2, 0.25) is 0 Å². The highest BCUT2D eigenvalue weighted by Crippen LogP contribution is 2.30. The third-order valence-electron chi connectivity index (χ3n) is 5.15. The summed E-state index contributed by atoms with van der Waals surface area (Å²) in [4.78, 5) is 25.5. The lowest BCUT2D eigenvalue weighted by molar-refractivity contribution is -0.00249. The number of ether oxygens (including phenoxy) is 6. The maximum atomic E-state index is 12.8. The molecule has 0 heterocycles. The van der Waals surface area contributed by atoms with E-state index in [1.807, 2.05) is 0 Å². The van der Waals surface area contributed by atoms with Crippen molar-refractivity contribution in [1.82, 2.24) is 0 Å². The molecule has 2 aromatic carbocycles. The molecule has 2 aromatic rings. The van der Waals surface area contributed by atoms with E-state index in [1.54, 1.807) is 12.1 Å². The highest BCUT2D eigenvalue weighted by molar-refractivity contribution is 5.91. The van der Waals surface area contributed by atoms with Crippen LogP contribution in [0, 0.1) is 30.1 Å². The first-order valence-electron chi connectivity index (χ1n) is 10.5. The molecule has 0 aliphatic heterocycles. The van der Waals surface area contributed by atoms with E-state index in [0.29, 0.717) is 23.0 Å². The van der Waals surface area contributed by atoms with Gasteiger partial charge in [-0.25, -0.2) is 9.59 Å². The second kappa shape index (κ2) is 12.8. The van der Waals surface area contributed by atoms with Gasteiger partial charge in [0.05, 0.1) is 45.0 Å². The topological polar surface area (TPSA) is 89.5 Å². The van der Waals surface area contributed by atoms with Gasteiger partial charge in [0.1, 0.15) is 36.2 Å². The van der Waals surface area contributed by atoms with E-state index in [4.69, 9.17) is 41.3 Å². The fraction of sp³-hybridized carbons (Fsp3) is 0.333. The molecule has 0 saturated carbocycles. The quantitative estimate of drug-likeness (QED) is 0.335. The fourth-order valence-corrected chi connectivity index (χ4v) is 3.20. The Hall–Kier alpha value is -4.30. The van der Waals surface area contributed by atoms with Crippen molar-refractivity contribution in [1.29, 1.82) is 0 Å². The smallest absolute Gasteiger partial charge is 0.338 e. The molecule has 0 spiro atoms. The monoisotopic (exact) mass is 480 g/mol. The standard InChI is InChI=1S/C27H28O8/c1-7-9-27(10-8-2,17-34-25(28)19-11-21(30-3)15-22(12-19)31-4)18-35-26(29)20-13-23(32-5)16-24(14-20)33-6/h1-2,11-16H,9-10,17-18H2,3-6H3. The molecule has 0 aliphatic rings. The van der Waals surface area contributed by atoms with Crippen LogP contribution >= 0.6 is 0 Å². The Morgan fingerprint density at radius 1 is 0.657 bits per heavy atom. The number of hydrogen-bond donors (Lipinski definition) is 0. The summed E-state index contributed by atoms with van der Waals surface area (Å²) in [5.41, 5.74) is -0.547. The zero-order valence-electron chi connectivity index (χ0n) is 20.2. The average molecular weight is 481 g/mol. The van der Waals surface area contributed by atoms with Gasteiger partial charge in [-0.2, -0.15) is 0 Å². The molecule has 0 saturated heterocycles. The predicted octanol–water partition coefficient (Wildman–Crippen LogP) is 3.77. The summed E-state index contributed by atoms with van der Waals surface area (Å²) in [7, 11) is 5.89. The lowest BCUT2D eigenvalue weighted by Crippen LogP contribution is -2.34. The Kier molecular flexibility index (Phi) is 9.86. The van der Waals surface area contributed by atoms with Crippen molar-refractivity contribution in [2.45, 2.75) is 12.8 Å². The highest BCUT2D eigenvalue weighted by atomic mass is 16.5. The van der Waals surface area contributed by atoms with Gasteiger partial charge in [0.25, 0.3) is 0 Å². The van der Waals surface area contributed by atoms with Crippen LogP contribution in [-0.2, 0) is 9.47 Å². The van der Waals surface area contributed by atoms with E-state index < -0.39 is 17.4 Å². The summed E-state index contributed by atoms with van der Waals surface area (Å²) in [6.07, 6.45) is 11.4. The van der Waals surface area contributed by atoms with Crippen molar-refractivity contribution in [3.63, 3.8) is 0 Å². The minimum Gasteiger partial charge on any atom is -0.497 e. The maximum absolute atomic E-state index is 12.8. The van der Waals surface area contributed by atoms with Crippen molar-refractivity contribution in [3.05, 3.63) is 47.5 Å². The molecule has 2 rings (SSSR count). The van der Waals surface area contributed by atoms with E-state index >= 15 is 0 Å². The third-order valence-corrected chi connectivity index (χ3v) is 5.15. The summed E-state index contributed by atoms with van der Waals surface area (Å²) in [5, 5.41) is 0. The van der Waals surface area contributed by atoms with Gasteiger partial charge in [-0.15, -0.1) is 24.7 Å². The molecular formula is C27H28O8. The van der Waals surface area contributed by atoms with Crippen LogP contribution in [0.4, 0.5) is 0 Å². The summed E-state index contributed by atoms with van der Waals surface area (Å²) >= 11 is 0. The lowest BCUT2D eigenvalue weighted by atomic mass is 9.83. The van der Waals surface area contributed by atoms with Crippen molar-refractivity contribution in [2.75, 3.05) is 41.7 Å². The number of hydrogen-bond acceptors (Lipinski definition) is 8. The summed E-state index contributed by atoms with van der Waals surface area (Å²) in [6.45, 7) is -0.344. The second-order valence-electron chi connectivity index (χ2n) is 7.62. The van der Waals surface area contributed by atoms with E-state index in [1.165, 1.54) is 52.7 Å². The molecule has 0 amide bonds. The molecule has 0 aliphatic carbocycles. The van der Waals surface area contributed by atoms with Gasteiger partial charge in [-0.05, 0) is 24.3 Å². The maximum Gasteiger partial charge on any atom is 0.338 e. The normalized spacial score (nSPS) is 10.3. The minimum atomic E-state index is -0.985. The largest absolute Gasteiger partial charge is 0.497 e. The van der Waals surface area contributed by atoms with E-state index in [-0.39, 0.29) is 37.2 Å². The van der Waals surface area contributed by atoms with Gasteiger partial charge in [0.15, 0.2) is 0 Å². The zero-order valence-corrected chi connectivity index (χ0v) is 20.2. The van der Waals surface area contributed by atoms with E-state index in [2.05, 4.69) is 11.8 Å². The van der Waals surface area contributed by atoms with Gasteiger partial charge in [0.2, 0.25) is 0 Å². The van der Waals surface area contributed by atoms with Crippen LogP contribution in [0.5, 0.6) is 23.0 Å². The van der Waals surface area contributed by atoms with Gasteiger partial charge in [-0.3, -0.25) is 0 Å². The Balaban J connectivity index is 2.20.